The Morgan fingerprint density at radius 3 is 1.49 bits per heavy atom. The number of hydrogen-bond acceptors (Lipinski definition) is 4. The topological polar surface area (TPSA) is 59.1 Å². The Hall–Kier alpha value is -3.02. The zero-order valence-corrected chi connectivity index (χ0v) is 22.8. The number of para-hydroxylation sites is 2. The number of nitrogens with zero attached hydrogens (tertiary/aromatic N) is 2. The maximum absolute atomic E-state index is 13.4. The molecule has 2 aromatic rings. The van der Waals surface area contributed by atoms with E-state index in [1.807, 2.05) is 58.3 Å². The van der Waals surface area contributed by atoms with Gasteiger partial charge in [-0.25, -0.2) is 0 Å². The quantitative estimate of drug-likeness (QED) is 0.270. The second-order valence-corrected chi connectivity index (χ2v) is 9.75. The highest BCUT2D eigenvalue weighted by atomic mass is 16.5. The van der Waals surface area contributed by atoms with Crippen LogP contribution in [0.5, 0.6) is 11.5 Å². The van der Waals surface area contributed by atoms with Gasteiger partial charge in [-0.1, -0.05) is 76.6 Å². The highest BCUT2D eigenvalue weighted by Crippen LogP contribution is 2.24. The van der Waals surface area contributed by atoms with Crippen LogP contribution in [0.25, 0.3) is 0 Å². The number of unbranched alkanes of at least 4 members (excludes halogenated alkanes) is 6. The van der Waals surface area contributed by atoms with Crippen LogP contribution in [0.3, 0.4) is 0 Å². The van der Waals surface area contributed by atoms with Crippen molar-refractivity contribution in [1.29, 1.82) is 0 Å². The highest BCUT2D eigenvalue weighted by molar-refractivity contribution is 5.98. The molecular weight excluding hydrogens is 464 g/mol. The van der Waals surface area contributed by atoms with Crippen molar-refractivity contribution in [3.63, 3.8) is 0 Å². The molecule has 0 unspecified atom stereocenters. The second kappa shape index (κ2) is 16.0. The SMILES string of the molecule is CCCCCCOc1ccccc1C(=O)N1CCCN(C(=O)c2ccccc2OCCCCCC)CC1. The largest absolute Gasteiger partial charge is 0.493 e. The first-order chi connectivity index (χ1) is 18.2. The molecule has 2 aromatic carbocycles. The number of hydrogen-bond donors (Lipinski definition) is 0. The minimum atomic E-state index is -0.0331. The lowest BCUT2D eigenvalue weighted by Crippen LogP contribution is -2.37. The number of carbonyl (C=O) groups excluding carboxylic acids is 2. The van der Waals surface area contributed by atoms with Crippen molar-refractivity contribution in [3.05, 3.63) is 59.7 Å². The fourth-order valence-electron chi connectivity index (χ4n) is 4.62. The molecule has 0 bridgehead atoms. The van der Waals surface area contributed by atoms with Gasteiger partial charge >= 0.3 is 0 Å². The third-order valence-corrected chi connectivity index (χ3v) is 6.82. The third kappa shape index (κ3) is 8.80. The maximum atomic E-state index is 13.4. The number of rotatable bonds is 14. The molecule has 1 aliphatic rings. The first kappa shape index (κ1) is 28.5. The van der Waals surface area contributed by atoms with Crippen molar-refractivity contribution in [2.24, 2.45) is 0 Å². The van der Waals surface area contributed by atoms with Gasteiger partial charge in [0.15, 0.2) is 0 Å². The molecular formula is C31H44N2O4. The van der Waals surface area contributed by atoms with Crippen LogP contribution in [-0.2, 0) is 0 Å². The van der Waals surface area contributed by atoms with Crippen molar-refractivity contribution in [2.75, 3.05) is 39.4 Å². The molecule has 6 nitrogen and oxygen atoms in total. The molecule has 1 fully saturated rings. The lowest BCUT2D eigenvalue weighted by Gasteiger charge is -2.24. The van der Waals surface area contributed by atoms with Gasteiger partial charge in [0, 0.05) is 26.2 Å². The maximum Gasteiger partial charge on any atom is 0.257 e. The van der Waals surface area contributed by atoms with E-state index in [0.717, 1.165) is 32.1 Å². The summed E-state index contributed by atoms with van der Waals surface area (Å²) < 4.78 is 12.0. The van der Waals surface area contributed by atoms with E-state index in [4.69, 9.17) is 9.47 Å². The Kier molecular flexibility index (Phi) is 12.3. The van der Waals surface area contributed by atoms with Gasteiger partial charge in [0.2, 0.25) is 0 Å². The van der Waals surface area contributed by atoms with E-state index in [0.29, 0.717) is 62.0 Å². The number of ether oxygens (including phenoxy) is 2. The minimum absolute atomic E-state index is 0.0331. The van der Waals surface area contributed by atoms with E-state index in [2.05, 4.69) is 13.8 Å². The number of benzene rings is 2. The van der Waals surface area contributed by atoms with E-state index in [1.54, 1.807) is 0 Å². The summed E-state index contributed by atoms with van der Waals surface area (Å²) in [6.07, 6.45) is 9.73. The molecule has 0 atom stereocenters. The van der Waals surface area contributed by atoms with Crippen molar-refractivity contribution in [2.45, 2.75) is 71.6 Å². The number of carbonyl (C=O) groups is 2. The number of amides is 2. The van der Waals surface area contributed by atoms with E-state index in [-0.39, 0.29) is 11.8 Å². The first-order valence-corrected chi connectivity index (χ1v) is 14.2. The Morgan fingerprint density at radius 1 is 0.622 bits per heavy atom. The molecule has 6 heteroatoms. The zero-order chi connectivity index (χ0) is 26.3. The van der Waals surface area contributed by atoms with E-state index in [9.17, 15) is 9.59 Å². The van der Waals surface area contributed by atoms with Crippen LogP contribution < -0.4 is 9.47 Å². The summed E-state index contributed by atoms with van der Waals surface area (Å²) in [7, 11) is 0. The summed E-state index contributed by atoms with van der Waals surface area (Å²) in [5, 5.41) is 0. The van der Waals surface area contributed by atoms with Gasteiger partial charge < -0.3 is 19.3 Å². The third-order valence-electron chi connectivity index (χ3n) is 6.82. The summed E-state index contributed by atoms with van der Waals surface area (Å²) >= 11 is 0. The molecule has 0 radical (unpaired) electrons. The Bertz CT molecular complexity index is 900. The van der Waals surface area contributed by atoms with Gasteiger partial charge in [-0.2, -0.15) is 0 Å². The van der Waals surface area contributed by atoms with Crippen molar-refractivity contribution in [3.8, 4) is 11.5 Å². The molecule has 0 spiro atoms. The Balaban J connectivity index is 1.58. The summed E-state index contributed by atoms with van der Waals surface area (Å²) in [4.78, 5) is 30.5. The first-order valence-electron chi connectivity index (χ1n) is 14.2. The molecule has 0 N–H and O–H groups in total. The van der Waals surface area contributed by atoms with Gasteiger partial charge in [0.05, 0.1) is 24.3 Å². The molecule has 0 aromatic heterocycles. The molecule has 1 saturated heterocycles. The molecule has 0 aliphatic carbocycles. The van der Waals surface area contributed by atoms with Crippen molar-refractivity contribution < 1.29 is 19.1 Å². The van der Waals surface area contributed by atoms with Crippen molar-refractivity contribution in [1.82, 2.24) is 9.80 Å². The van der Waals surface area contributed by atoms with E-state index in [1.165, 1.54) is 25.7 Å². The lowest BCUT2D eigenvalue weighted by atomic mass is 10.1. The van der Waals surface area contributed by atoms with Gasteiger partial charge in [-0.15, -0.1) is 0 Å². The average Bonchev–Trinajstić information content (AvgIpc) is 3.19. The second-order valence-electron chi connectivity index (χ2n) is 9.75. The van der Waals surface area contributed by atoms with Gasteiger partial charge in [0.1, 0.15) is 11.5 Å². The van der Waals surface area contributed by atoms with Gasteiger partial charge in [-0.3, -0.25) is 9.59 Å². The van der Waals surface area contributed by atoms with E-state index < -0.39 is 0 Å². The minimum Gasteiger partial charge on any atom is -0.493 e. The Labute approximate surface area is 222 Å². The van der Waals surface area contributed by atoms with E-state index >= 15 is 0 Å². The summed E-state index contributed by atoms with van der Waals surface area (Å²) in [6, 6.07) is 15.0. The predicted octanol–water partition coefficient (Wildman–Crippen LogP) is 6.59. The van der Waals surface area contributed by atoms with Crippen LogP contribution in [0.4, 0.5) is 0 Å². The van der Waals surface area contributed by atoms with Crippen LogP contribution in [0.15, 0.2) is 48.5 Å². The molecule has 1 heterocycles. The fraction of sp³-hybridized carbons (Fsp3) is 0.548. The molecule has 2 amide bonds. The smallest absolute Gasteiger partial charge is 0.257 e. The standard InChI is InChI=1S/C31H44N2O4/c1-3-5-7-13-24-36-28-18-11-9-16-26(28)30(34)32-20-15-21-33(23-22-32)31(35)27-17-10-12-19-29(27)37-25-14-8-6-4-2/h9-12,16-19H,3-8,13-15,20-25H2,1-2H3. The van der Waals surface area contributed by atoms with Crippen LogP contribution in [0.1, 0.15) is 92.4 Å². The molecule has 202 valence electrons. The zero-order valence-electron chi connectivity index (χ0n) is 22.8. The van der Waals surface area contributed by atoms with Gasteiger partial charge in [-0.05, 0) is 43.5 Å². The summed E-state index contributed by atoms with van der Waals surface area (Å²) in [5.41, 5.74) is 1.19. The highest BCUT2D eigenvalue weighted by Gasteiger charge is 2.26. The monoisotopic (exact) mass is 508 g/mol. The van der Waals surface area contributed by atoms with Crippen LogP contribution >= 0.6 is 0 Å². The lowest BCUT2D eigenvalue weighted by molar-refractivity contribution is 0.0714. The van der Waals surface area contributed by atoms with Crippen LogP contribution in [0.2, 0.25) is 0 Å². The Morgan fingerprint density at radius 2 is 1.05 bits per heavy atom. The molecule has 37 heavy (non-hydrogen) atoms. The van der Waals surface area contributed by atoms with Crippen LogP contribution in [-0.4, -0.2) is 61.0 Å². The molecule has 3 rings (SSSR count). The predicted molar refractivity (Wildman–Crippen MR) is 149 cm³/mol. The summed E-state index contributed by atoms with van der Waals surface area (Å²) in [5.74, 6) is 1.22. The normalized spacial score (nSPS) is 13.8. The van der Waals surface area contributed by atoms with Crippen molar-refractivity contribution >= 4 is 11.8 Å². The molecule has 1 aliphatic heterocycles. The van der Waals surface area contributed by atoms with Crippen LogP contribution in [0, 0.1) is 0 Å². The summed E-state index contributed by atoms with van der Waals surface area (Å²) in [6.45, 7) is 7.83. The molecule has 0 saturated carbocycles. The average molecular weight is 509 g/mol. The van der Waals surface area contributed by atoms with Gasteiger partial charge in [0.25, 0.3) is 11.8 Å². The fourth-order valence-corrected chi connectivity index (χ4v) is 4.62.